The molecule has 0 saturated heterocycles. The SMILES string of the molecule is CC1(C)[C@@H]2C[C@H]1C(CCO)=C[C@H]2O. The number of aliphatic hydroxyl groups is 2. The minimum atomic E-state index is -0.276. The highest BCUT2D eigenvalue weighted by Gasteiger charge is 2.54. The van der Waals surface area contributed by atoms with Crippen molar-refractivity contribution in [1.82, 2.24) is 0 Å². The van der Waals surface area contributed by atoms with E-state index in [9.17, 15) is 5.11 Å². The first kappa shape index (κ1) is 9.22. The summed E-state index contributed by atoms with van der Waals surface area (Å²) in [5.74, 6) is 1.05. The van der Waals surface area contributed by atoms with E-state index in [-0.39, 0.29) is 18.1 Å². The first-order valence-corrected chi connectivity index (χ1v) is 5.07. The monoisotopic (exact) mass is 182 g/mol. The Morgan fingerprint density at radius 1 is 1.54 bits per heavy atom. The standard InChI is InChI=1S/C11H18O2/c1-11(2)8-6-9(11)10(13)5-7(8)3-4-12/h5,8-10,12-13H,3-4,6H2,1-2H3/t8-,9+,10+/m0/s1. The second-order valence-corrected chi connectivity index (χ2v) is 4.92. The van der Waals surface area contributed by atoms with E-state index in [4.69, 9.17) is 5.11 Å². The van der Waals surface area contributed by atoms with Crippen LogP contribution in [0.3, 0.4) is 0 Å². The highest BCUT2D eigenvalue weighted by atomic mass is 16.3. The largest absolute Gasteiger partial charge is 0.396 e. The van der Waals surface area contributed by atoms with Gasteiger partial charge in [0.15, 0.2) is 0 Å². The summed E-state index contributed by atoms with van der Waals surface area (Å²) in [7, 11) is 0. The molecule has 0 aromatic rings. The molecule has 13 heavy (non-hydrogen) atoms. The van der Waals surface area contributed by atoms with Crippen molar-refractivity contribution in [3.8, 4) is 0 Å². The molecule has 0 radical (unpaired) electrons. The number of aliphatic hydroxyl groups excluding tert-OH is 2. The van der Waals surface area contributed by atoms with Crippen LogP contribution in [0.25, 0.3) is 0 Å². The molecule has 3 rings (SSSR count). The van der Waals surface area contributed by atoms with Gasteiger partial charge in [-0.25, -0.2) is 0 Å². The fraction of sp³-hybridized carbons (Fsp3) is 0.818. The molecular formula is C11H18O2. The van der Waals surface area contributed by atoms with Gasteiger partial charge in [-0.05, 0) is 30.1 Å². The first-order chi connectivity index (χ1) is 6.07. The van der Waals surface area contributed by atoms with Crippen LogP contribution in [0.2, 0.25) is 0 Å². The molecule has 0 unspecified atom stereocenters. The van der Waals surface area contributed by atoms with Gasteiger partial charge in [0, 0.05) is 6.61 Å². The Balaban J connectivity index is 2.21. The molecule has 1 fully saturated rings. The predicted octanol–water partition coefficient (Wildman–Crippen LogP) is 1.33. The van der Waals surface area contributed by atoms with E-state index in [1.165, 1.54) is 5.57 Å². The van der Waals surface area contributed by atoms with Gasteiger partial charge in [-0.2, -0.15) is 0 Å². The van der Waals surface area contributed by atoms with Gasteiger partial charge in [-0.15, -0.1) is 0 Å². The van der Waals surface area contributed by atoms with Crippen molar-refractivity contribution < 1.29 is 10.2 Å². The van der Waals surface area contributed by atoms with Crippen LogP contribution in [0.4, 0.5) is 0 Å². The molecule has 3 aliphatic rings. The lowest BCUT2D eigenvalue weighted by Gasteiger charge is -2.58. The highest BCUT2D eigenvalue weighted by Crippen LogP contribution is 2.59. The van der Waals surface area contributed by atoms with Crippen LogP contribution in [-0.4, -0.2) is 22.9 Å². The van der Waals surface area contributed by atoms with Crippen molar-refractivity contribution in [3.63, 3.8) is 0 Å². The lowest BCUT2D eigenvalue weighted by molar-refractivity contribution is -0.0783. The van der Waals surface area contributed by atoms with Crippen molar-refractivity contribution in [2.24, 2.45) is 17.3 Å². The van der Waals surface area contributed by atoms with E-state index < -0.39 is 0 Å². The average molecular weight is 182 g/mol. The third-order valence-corrected chi connectivity index (χ3v) is 3.99. The van der Waals surface area contributed by atoms with Crippen molar-refractivity contribution in [2.75, 3.05) is 6.61 Å². The second-order valence-electron chi connectivity index (χ2n) is 4.92. The molecule has 74 valence electrons. The fourth-order valence-electron chi connectivity index (χ4n) is 3.01. The maximum atomic E-state index is 9.79. The molecule has 0 aromatic heterocycles. The minimum Gasteiger partial charge on any atom is -0.396 e. The van der Waals surface area contributed by atoms with Crippen molar-refractivity contribution in [3.05, 3.63) is 11.6 Å². The van der Waals surface area contributed by atoms with Crippen molar-refractivity contribution in [1.29, 1.82) is 0 Å². The maximum absolute atomic E-state index is 9.79. The lowest BCUT2D eigenvalue weighted by Crippen LogP contribution is -2.54. The molecule has 3 atom stereocenters. The molecule has 0 aromatic carbocycles. The van der Waals surface area contributed by atoms with E-state index in [0.29, 0.717) is 11.8 Å². The molecule has 0 aliphatic heterocycles. The summed E-state index contributed by atoms with van der Waals surface area (Å²) >= 11 is 0. The second kappa shape index (κ2) is 2.82. The van der Waals surface area contributed by atoms with Crippen molar-refractivity contribution >= 4 is 0 Å². The summed E-state index contributed by atoms with van der Waals surface area (Å²) in [5, 5.41) is 18.7. The number of hydrogen-bond acceptors (Lipinski definition) is 2. The van der Waals surface area contributed by atoms with Crippen LogP contribution in [0.1, 0.15) is 26.7 Å². The van der Waals surface area contributed by atoms with E-state index >= 15 is 0 Å². The molecule has 0 amide bonds. The third-order valence-electron chi connectivity index (χ3n) is 3.99. The van der Waals surface area contributed by atoms with Crippen LogP contribution in [0.15, 0.2) is 11.6 Å². The zero-order valence-electron chi connectivity index (χ0n) is 8.33. The number of rotatable bonds is 2. The average Bonchev–Trinajstić information content (AvgIpc) is 2.03. The Morgan fingerprint density at radius 3 is 2.69 bits per heavy atom. The number of fused-ring (bicyclic) bond motifs is 1. The van der Waals surface area contributed by atoms with Gasteiger partial charge in [-0.3, -0.25) is 0 Å². The van der Waals surface area contributed by atoms with Crippen LogP contribution in [0.5, 0.6) is 0 Å². The Hall–Kier alpha value is -0.340. The van der Waals surface area contributed by atoms with Gasteiger partial charge >= 0.3 is 0 Å². The molecule has 2 N–H and O–H groups in total. The van der Waals surface area contributed by atoms with Crippen LogP contribution < -0.4 is 0 Å². The normalized spacial score (nSPS) is 40.9. The van der Waals surface area contributed by atoms with Gasteiger partial charge in [0.05, 0.1) is 6.10 Å². The predicted molar refractivity (Wildman–Crippen MR) is 51.2 cm³/mol. The van der Waals surface area contributed by atoms with Gasteiger partial charge in [0.1, 0.15) is 0 Å². The fourth-order valence-corrected chi connectivity index (χ4v) is 3.01. The van der Waals surface area contributed by atoms with E-state index in [2.05, 4.69) is 13.8 Å². The summed E-state index contributed by atoms with van der Waals surface area (Å²) in [6.45, 7) is 4.65. The molecule has 0 spiro atoms. The number of hydrogen-bond donors (Lipinski definition) is 2. The Bertz CT molecular complexity index is 242. The zero-order valence-corrected chi connectivity index (χ0v) is 8.33. The summed E-state index contributed by atoms with van der Waals surface area (Å²) in [5.41, 5.74) is 1.51. The smallest absolute Gasteiger partial charge is 0.0757 e. The highest BCUT2D eigenvalue weighted by molar-refractivity contribution is 5.26. The van der Waals surface area contributed by atoms with Crippen LogP contribution in [0, 0.1) is 17.3 Å². The quantitative estimate of drug-likeness (QED) is 0.632. The van der Waals surface area contributed by atoms with Gasteiger partial charge in [0.25, 0.3) is 0 Å². The van der Waals surface area contributed by atoms with E-state index in [1.807, 2.05) is 6.08 Å². The summed E-state index contributed by atoms with van der Waals surface area (Å²) in [6.07, 6.45) is 3.53. The van der Waals surface area contributed by atoms with Crippen molar-refractivity contribution in [2.45, 2.75) is 32.8 Å². The molecule has 2 nitrogen and oxygen atoms in total. The zero-order chi connectivity index (χ0) is 9.64. The van der Waals surface area contributed by atoms with Crippen LogP contribution >= 0.6 is 0 Å². The van der Waals surface area contributed by atoms with Crippen LogP contribution in [-0.2, 0) is 0 Å². The molecule has 1 saturated carbocycles. The Morgan fingerprint density at radius 2 is 2.23 bits per heavy atom. The summed E-state index contributed by atoms with van der Waals surface area (Å²) < 4.78 is 0. The summed E-state index contributed by atoms with van der Waals surface area (Å²) in [6, 6.07) is 0. The van der Waals surface area contributed by atoms with Gasteiger partial charge < -0.3 is 10.2 Å². The Labute approximate surface area is 79.3 Å². The third kappa shape index (κ3) is 1.16. The maximum Gasteiger partial charge on any atom is 0.0757 e. The minimum absolute atomic E-state index is 0.204. The van der Waals surface area contributed by atoms with Gasteiger partial charge in [-0.1, -0.05) is 25.5 Å². The molecule has 2 bridgehead atoms. The first-order valence-electron chi connectivity index (χ1n) is 5.07. The topological polar surface area (TPSA) is 40.5 Å². The van der Waals surface area contributed by atoms with Gasteiger partial charge in [0.2, 0.25) is 0 Å². The molecule has 0 heterocycles. The lowest BCUT2D eigenvalue weighted by atomic mass is 9.47. The molecule has 2 heteroatoms. The summed E-state index contributed by atoms with van der Waals surface area (Å²) in [4.78, 5) is 0. The van der Waals surface area contributed by atoms with E-state index in [1.54, 1.807) is 0 Å². The molecule has 3 aliphatic carbocycles. The molecular weight excluding hydrogens is 164 g/mol. The Kier molecular flexibility index (Phi) is 2.00. The van der Waals surface area contributed by atoms with E-state index in [0.717, 1.165) is 12.8 Å².